The van der Waals surface area contributed by atoms with Crippen molar-refractivity contribution < 1.29 is 4.79 Å². The van der Waals surface area contributed by atoms with E-state index in [-0.39, 0.29) is 5.91 Å². The largest absolute Gasteiger partial charge is 0.351 e. The minimum absolute atomic E-state index is 0.131. The lowest BCUT2D eigenvalue weighted by Crippen LogP contribution is -2.22. The molecule has 2 aromatic rings. The van der Waals surface area contributed by atoms with Crippen molar-refractivity contribution in [3.8, 4) is 0 Å². The summed E-state index contributed by atoms with van der Waals surface area (Å²) in [4.78, 5) is 14.2. The van der Waals surface area contributed by atoms with Gasteiger partial charge in [0, 0.05) is 20.6 Å². The fourth-order valence-electron chi connectivity index (χ4n) is 1.60. The van der Waals surface area contributed by atoms with Crippen molar-refractivity contribution >= 4 is 44.5 Å². The van der Waals surface area contributed by atoms with Gasteiger partial charge in [-0.15, -0.1) is 22.7 Å². The molecule has 1 amide bonds. The first-order valence-electron chi connectivity index (χ1n) is 5.76. The minimum atomic E-state index is 0.131. The van der Waals surface area contributed by atoms with Gasteiger partial charge in [0.25, 0.3) is 0 Å². The number of rotatable bonds is 6. The zero-order valence-corrected chi connectivity index (χ0v) is 13.0. The lowest BCUT2D eigenvalue weighted by Gasteiger charge is -2.03. The summed E-state index contributed by atoms with van der Waals surface area (Å²) < 4.78 is 1.08. The van der Waals surface area contributed by atoms with Gasteiger partial charge in [-0.1, -0.05) is 6.07 Å². The standard InChI is InChI=1S/C13H14BrNOS2/c14-11-6-8-18-12(11)9-15-13(16)5-1-3-10-4-2-7-17-10/h2,4,6-8H,1,3,5,9H2,(H,15,16). The molecule has 1 N–H and O–H groups in total. The van der Waals surface area contributed by atoms with E-state index in [0.717, 1.165) is 17.3 Å². The Balaban J connectivity index is 1.65. The van der Waals surface area contributed by atoms with Crippen LogP contribution in [0, 0.1) is 0 Å². The molecular formula is C13H14BrNOS2. The third kappa shape index (κ3) is 4.23. The van der Waals surface area contributed by atoms with E-state index in [4.69, 9.17) is 0 Å². The van der Waals surface area contributed by atoms with Crippen LogP contribution in [-0.4, -0.2) is 5.91 Å². The zero-order chi connectivity index (χ0) is 12.8. The molecule has 2 heterocycles. The van der Waals surface area contributed by atoms with Gasteiger partial charge in [-0.3, -0.25) is 4.79 Å². The normalized spacial score (nSPS) is 10.5. The van der Waals surface area contributed by atoms with Crippen LogP contribution in [0.15, 0.2) is 33.4 Å². The second-order valence-corrected chi connectivity index (χ2v) is 6.79. The monoisotopic (exact) mass is 343 g/mol. The topological polar surface area (TPSA) is 29.1 Å². The average molecular weight is 344 g/mol. The smallest absolute Gasteiger partial charge is 0.220 e. The second kappa shape index (κ2) is 7.07. The van der Waals surface area contributed by atoms with Crippen molar-refractivity contribution in [1.29, 1.82) is 0 Å². The predicted molar refractivity (Wildman–Crippen MR) is 81.1 cm³/mol. The molecule has 0 aliphatic heterocycles. The maximum absolute atomic E-state index is 11.7. The maximum atomic E-state index is 11.7. The molecule has 96 valence electrons. The van der Waals surface area contributed by atoms with E-state index in [2.05, 4.69) is 32.7 Å². The molecule has 5 heteroatoms. The number of aryl methyl sites for hydroxylation is 1. The van der Waals surface area contributed by atoms with Gasteiger partial charge in [-0.05, 0) is 51.7 Å². The molecule has 0 aromatic carbocycles. The van der Waals surface area contributed by atoms with Crippen molar-refractivity contribution in [3.63, 3.8) is 0 Å². The second-order valence-electron chi connectivity index (χ2n) is 3.90. The number of carbonyl (C=O) groups is 1. The fourth-order valence-corrected chi connectivity index (χ4v) is 3.78. The van der Waals surface area contributed by atoms with Crippen LogP contribution in [0.1, 0.15) is 22.6 Å². The summed E-state index contributed by atoms with van der Waals surface area (Å²) in [6.07, 6.45) is 2.51. The van der Waals surface area contributed by atoms with Crippen LogP contribution in [0.5, 0.6) is 0 Å². The molecular weight excluding hydrogens is 330 g/mol. The highest BCUT2D eigenvalue weighted by Gasteiger charge is 2.05. The SMILES string of the molecule is O=C(CCCc1cccs1)NCc1sccc1Br. The predicted octanol–water partition coefficient (Wildman–Crippen LogP) is 4.21. The fraction of sp³-hybridized carbons (Fsp3) is 0.308. The first-order chi connectivity index (χ1) is 8.75. The Kier molecular flexibility index (Phi) is 5.41. The van der Waals surface area contributed by atoms with Crippen LogP contribution in [0.25, 0.3) is 0 Å². The van der Waals surface area contributed by atoms with Gasteiger partial charge in [0.05, 0.1) is 6.54 Å². The molecule has 18 heavy (non-hydrogen) atoms. The molecule has 0 bridgehead atoms. The van der Waals surface area contributed by atoms with E-state index in [0.29, 0.717) is 13.0 Å². The number of hydrogen-bond acceptors (Lipinski definition) is 3. The highest BCUT2D eigenvalue weighted by molar-refractivity contribution is 9.10. The highest BCUT2D eigenvalue weighted by atomic mass is 79.9. The molecule has 0 fully saturated rings. The quantitative estimate of drug-likeness (QED) is 0.836. The zero-order valence-electron chi connectivity index (χ0n) is 9.82. The van der Waals surface area contributed by atoms with Crippen LogP contribution >= 0.6 is 38.6 Å². The van der Waals surface area contributed by atoms with Crippen LogP contribution < -0.4 is 5.32 Å². The third-order valence-corrected chi connectivity index (χ3v) is 5.41. The molecule has 2 aromatic heterocycles. The first kappa shape index (κ1) is 13.8. The summed E-state index contributed by atoms with van der Waals surface area (Å²) in [6.45, 7) is 0.621. The number of carbonyl (C=O) groups excluding carboxylic acids is 1. The van der Waals surface area contributed by atoms with Gasteiger partial charge in [0.1, 0.15) is 0 Å². The Morgan fingerprint density at radius 3 is 2.83 bits per heavy atom. The van der Waals surface area contributed by atoms with Crippen molar-refractivity contribution in [2.75, 3.05) is 0 Å². The Morgan fingerprint density at radius 1 is 1.28 bits per heavy atom. The van der Waals surface area contributed by atoms with E-state index >= 15 is 0 Å². The van der Waals surface area contributed by atoms with Crippen LogP contribution in [0.2, 0.25) is 0 Å². The average Bonchev–Trinajstić information content (AvgIpc) is 2.98. The summed E-state index contributed by atoms with van der Waals surface area (Å²) >= 11 is 6.86. The van der Waals surface area contributed by atoms with E-state index in [1.165, 1.54) is 9.75 Å². The van der Waals surface area contributed by atoms with Crippen molar-refractivity contribution in [2.45, 2.75) is 25.8 Å². The molecule has 0 unspecified atom stereocenters. The number of thiophene rings is 2. The molecule has 0 saturated heterocycles. The van der Waals surface area contributed by atoms with Crippen LogP contribution in [-0.2, 0) is 17.8 Å². The molecule has 0 saturated carbocycles. The molecule has 2 nitrogen and oxygen atoms in total. The van der Waals surface area contributed by atoms with Gasteiger partial charge in [-0.2, -0.15) is 0 Å². The van der Waals surface area contributed by atoms with Gasteiger partial charge in [0.2, 0.25) is 5.91 Å². The number of halogens is 1. The van der Waals surface area contributed by atoms with E-state index in [9.17, 15) is 4.79 Å². The molecule has 0 radical (unpaired) electrons. The summed E-state index contributed by atoms with van der Waals surface area (Å²) in [5.74, 6) is 0.131. The lowest BCUT2D eigenvalue weighted by molar-refractivity contribution is -0.121. The van der Waals surface area contributed by atoms with Gasteiger partial charge >= 0.3 is 0 Å². The molecule has 0 atom stereocenters. The number of hydrogen-bond donors (Lipinski definition) is 1. The Morgan fingerprint density at radius 2 is 2.17 bits per heavy atom. The summed E-state index contributed by atoms with van der Waals surface area (Å²) in [5.41, 5.74) is 0. The van der Waals surface area contributed by atoms with Gasteiger partial charge in [0.15, 0.2) is 0 Å². The van der Waals surface area contributed by atoms with Gasteiger partial charge in [-0.25, -0.2) is 0 Å². The Bertz CT molecular complexity index is 493. The molecule has 0 aliphatic rings. The van der Waals surface area contributed by atoms with E-state index in [1.54, 1.807) is 22.7 Å². The third-order valence-electron chi connectivity index (χ3n) is 2.54. The number of amides is 1. The first-order valence-corrected chi connectivity index (χ1v) is 8.32. The van der Waals surface area contributed by atoms with Crippen LogP contribution in [0.4, 0.5) is 0 Å². The summed E-state index contributed by atoms with van der Waals surface area (Å²) in [5, 5.41) is 7.04. The van der Waals surface area contributed by atoms with E-state index < -0.39 is 0 Å². The molecule has 2 rings (SSSR count). The lowest BCUT2D eigenvalue weighted by atomic mass is 10.2. The highest BCUT2D eigenvalue weighted by Crippen LogP contribution is 2.22. The van der Waals surface area contributed by atoms with Crippen molar-refractivity contribution in [1.82, 2.24) is 5.32 Å². The maximum Gasteiger partial charge on any atom is 0.220 e. The minimum Gasteiger partial charge on any atom is -0.351 e. The Hall–Kier alpha value is -0.650. The number of nitrogens with one attached hydrogen (secondary N) is 1. The van der Waals surface area contributed by atoms with Crippen molar-refractivity contribution in [3.05, 3.63) is 43.2 Å². The van der Waals surface area contributed by atoms with Crippen LogP contribution in [0.3, 0.4) is 0 Å². The van der Waals surface area contributed by atoms with Crippen molar-refractivity contribution in [2.24, 2.45) is 0 Å². The summed E-state index contributed by atoms with van der Waals surface area (Å²) in [6, 6.07) is 6.17. The summed E-state index contributed by atoms with van der Waals surface area (Å²) in [7, 11) is 0. The van der Waals surface area contributed by atoms with E-state index in [1.807, 2.05) is 17.5 Å². The molecule has 0 spiro atoms. The Labute approximate surface area is 123 Å². The molecule has 0 aliphatic carbocycles. The van der Waals surface area contributed by atoms with Gasteiger partial charge < -0.3 is 5.32 Å².